The van der Waals surface area contributed by atoms with Gasteiger partial charge in [-0.2, -0.15) is 13.2 Å². The van der Waals surface area contributed by atoms with Gasteiger partial charge in [0.2, 0.25) is 0 Å². The molecule has 0 fully saturated rings. The van der Waals surface area contributed by atoms with Gasteiger partial charge in [-0.1, -0.05) is 13.8 Å². The molecule has 0 aliphatic rings. The highest BCUT2D eigenvalue weighted by Crippen LogP contribution is 2.32. The lowest BCUT2D eigenvalue weighted by molar-refractivity contribution is -0.137. The smallest absolute Gasteiger partial charge is 0.252 e. The number of aromatic nitrogens is 2. The summed E-state index contributed by atoms with van der Waals surface area (Å²) in [5.74, 6) is 0.665. The standard InChI is InChI=1S/C11H11F3N2OS2/c1-6(2)5-19(17)10-16-9-8(18-10)3-7(4-15-9)11(12,13)14/h3-4,6H,5H2,1-2H3/t19-/m0/s1. The Morgan fingerprint density at radius 2 is 2.11 bits per heavy atom. The lowest BCUT2D eigenvalue weighted by Crippen LogP contribution is -2.05. The number of thiazole rings is 1. The fraction of sp³-hybridized carbons (Fsp3) is 0.455. The zero-order valence-corrected chi connectivity index (χ0v) is 11.8. The van der Waals surface area contributed by atoms with Crippen molar-refractivity contribution in [3.05, 3.63) is 17.8 Å². The summed E-state index contributed by atoms with van der Waals surface area (Å²) in [5, 5.41) is 0. The van der Waals surface area contributed by atoms with Crippen molar-refractivity contribution in [1.82, 2.24) is 9.97 Å². The van der Waals surface area contributed by atoms with Crippen LogP contribution >= 0.6 is 11.3 Å². The minimum Gasteiger partial charge on any atom is -0.252 e. The van der Waals surface area contributed by atoms with E-state index >= 15 is 0 Å². The monoisotopic (exact) mass is 308 g/mol. The first-order chi connectivity index (χ1) is 8.77. The average molecular weight is 308 g/mol. The predicted octanol–water partition coefficient (Wildman–Crippen LogP) is 3.47. The number of alkyl halides is 3. The summed E-state index contributed by atoms with van der Waals surface area (Å²) < 4.78 is 50.2. The SMILES string of the molecule is CC(C)C[S@](=O)c1nc2ncc(C(F)(F)F)cc2s1. The number of pyridine rings is 1. The second kappa shape index (κ2) is 5.16. The number of nitrogens with zero attached hydrogens (tertiary/aromatic N) is 2. The van der Waals surface area contributed by atoms with Gasteiger partial charge in [-0.25, -0.2) is 9.97 Å². The average Bonchev–Trinajstić information content (AvgIpc) is 2.69. The van der Waals surface area contributed by atoms with E-state index in [-0.39, 0.29) is 11.6 Å². The van der Waals surface area contributed by atoms with Crippen molar-refractivity contribution < 1.29 is 17.4 Å². The molecule has 0 N–H and O–H groups in total. The second-order valence-electron chi connectivity index (χ2n) is 4.43. The third-order valence-electron chi connectivity index (χ3n) is 2.23. The number of rotatable bonds is 3. The van der Waals surface area contributed by atoms with Gasteiger partial charge < -0.3 is 0 Å². The first kappa shape index (κ1) is 14.4. The molecule has 0 amide bonds. The van der Waals surface area contributed by atoms with E-state index in [4.69, 9.17) is 0 Å². The summed E-state index contributed by atoms with van der Waals surface area (Å²) in [4.78, 5) is 7.70. The van der Waals surface area contributed by atoms with E-state index in [1.165, 1.54) is 0 Å². The fourth-order valence-electron chi connectivity index (χ4n) is 1.43. The van der Waals surface area contributed by atoms with Crippen LogP contribution in [0.3, 0.4) is 0 Å². The Morgan fingerprint density at radius 1 is 1.42 bits per heavy atom. The second-order valence-corrected chi connectivity index (χ2v) is 7.13. The van der Waals surface area contributed by atoms with Crippen molar-refractivity contribution in [2.75, 3.05) is 5.75 Å². The number of hydrogen-bond acceptors (Lipinski definition) is 4. The third kappa shape index (κ3) is 3.30. The predicted molar refractivity (Wildman–Crippen MR) is 68.5 cm³/mol. The van der Waals surface area contributed by atoms with Crippen molar-refractivity contribution in [3.8, 4) is 0 Å². The van der Waals surface area contributed by atoms with Gasteiger partial charge in [-0.3, -0.25) is 4.21 Å². The van der Waals surface area contributed by atoms with Gasteiger partial charge in [0, 0.05) is 11.9 Å². The molecule has 0 aliphatic heterocycles. The summed E-state index contributed by atoms with van der Waals surface area (Å²) in [6.45, 7) is 3.84. The molecule has 2 rings (SSSR count). The van der Waals surface area contributed by atoms with Crippen LogP contribution in [0.1, 0.15) is 19.4 Å². The maximum absolute atomic E-state index is 12.5. The summed E-state index contributed by atoms with van der Waals surface area (Å²) in [6.07, 6.45) is -3.68. The van der Waals surface area contributed by atoms with E-state index in [0.29, 0.717) is 14.8 Å². The van der Waals surface area contributed by atoms with Crippen LogP contribution in [0.4, 0.5) is 13.2 Å². The highest BCUT2D eigenvalue weighted by Gasteiger charge is 2.31. The largest absolute Gasteiger partial charge is 0.417 e. The van der Waals surface area contributed by atoms with Gasteiger partial charge in [-0.15, -0.1) is 11.3 Å². The molecule has 0 unspecified atom stereocenters. The molecule has 2 heterocycles. The van der Waals surface area contributed by atoms with Crippen LogP contribution in [0, 0.1) is 5.92 Å². The van der Waals surface area contributed by atoms with Crippen LogP contribution in [0.15, 0.2) is 16.6 Å². The van der Waals surface area contributed by atoms with Crippen LogP contribution < -0.4 is 0 Å². The number of fused-ring (bicyclic) bond motifs is 1. The Morgan fingerprint density at radius 3 is 2.68 bits per heavy atom. The highest BCUT2D eigenvalue weighted by molar-refractivity contribution is 7.87. The van der Waals surface area contributed by atoms with Crippen molar-refractivity contribution in [2.24, 2.45) is 5.92 Å². The fourth-order valence-corrected chi connectivity index (χ4v) is 3.90. The Labute approximate surface area is 114 Å². The molecule has 2 aromatic heterocycles. The zero-order valence-electron chi connectivity index (χ0n) is 10.2. The third-order valence-corrected chi connectivity index (χ3v) is 5.28. The van der Waals surface area contributed by atoms with E-state index in [9.17, 15) is 17.4 Å². The van der Waals surface area contributed by atoms with Gasteiger partial charge in [0.15, 0.2) is 9.99 Å². The first-order valence-corrected chi connectivity index (χ1v) is 7.63. The lowest BCUT2D eigenvalue weighted by atomic mass is 10.3. The molecule has 0 aliphatic carbocycles. The topological polar surface area (TPSA) is 42.9 Å². The molecule has 0 saturated carbocycles. The Balaban J connectivity index is 2.38. The van der Waals surface area contributed by atoms with Gasteiger partial charge in [0.05, 0.1) is 21.1 Å². The first-order valence-electron chi connectivity index (χ1n) is 5.49. The van der Waals surface area contributed by atoms with Crippen molar-refractivity contribution in [2.45, 2.75) is 24.4 Å². The van der Waals surface area contributed by atoms with Crippen molar-refractivity contribution in [3.63, 3.8) is 0 Å². The molecular formula is C11H11F3N2OS2. The number of hydrogen-bond donors (Lipinski definition) is 0. The van der Waals surface area contributed by atoms with Crippen LogP contribution in [0.25, 0.3) is 10.3 Å². The van der Waals surface area contributed by atoms with Crippen LogP contribution in [-0.4, -0.2) is 19.9 Å². The van der Waals surface area contributed by atoms with E-state index in [1.807, 2.05) is 13.8 Å². The minimum atomic E-state index is -4.43. The molecule has 104 valence electrons. The molecule has 0 radical (unpaired) electrons. The normalized spacial score (nSPS) is 14.2. The van der Waals surface area contributed by atoms with Crippen LogP contribution in [0.2, 0.25) is 0 Å². The molecule has 0 saturated heterocycles. The Kier molecular flexibility index (Phi) is 3.91. The molecule has 0 spiro atoms. The maximum atomic E-state index is 12.5. The molecule has 0 bridgehead atoms. The van der Waals surface area contributed by atoms with Gasteiger partial charge in [0.25, 0.3) is 0 Å². The van der Waals surface area contributed by atoms with Crippen LogP contribution in [-0.2, 0) is 17.0 Å². The van der Waals surface area contributed by atoms with E-state index < -0.39 is 22.5 Å². The number of halogens is 3. The van der Waals surface area contributed by atoms with E-state index in [0.717, 1.165) is 23.6 Å². The van der Waals surface area contributed by atoms with Gasteiger partial charge >= 0.3 is 6.18 Å². The molecule has 8 heteroatoms. The molecule has 3 nitrogen and oxygen atoms in total. The summed E-state index contributed by atoms with van der Waals surface area (Å²) in [5.41, 5.74) is -0.602. The van der Waals surface area contributed by atoms with E-state index in [2.05, 4.69) is 9.97 Å². The van der Waals surface area contributed by atoms with Crippen molar-refractivity contribution >= 4 is 32.5 Å². The maximum Gasteiger partial charge on any atom is 0.417 e. The Bertz CT molecular complexity index is 622. The Hall–Kier alpha value is -1.02. The summed E-state index contributed by atoms with van der Waals surface area (Å²) in [7, 11) is -1.29. The zero-order chi connectivity index (χ0) is 14.2. The van der Waals surface area contributed by atoms with Gasteiger partial charge in [-0.05, 0) is 12.0 Å². The summed E-state index contributed by atoms with van der Waals surface area (Å²) >= 11 is 1.00. The van der Waals surface area contributed by atoms with Gasteiger partial charge in [0.1, 0.15) is 0 Å². The van der Waals surface area contributed by atoms with Crippen molar-refractivity contribution in [1.29, 1.82) is 0 Å². The highest BCUT2D eigenvalue weighted by atomic mass is 32.2. The molecule has 2 aromatic rings. The molecule has 19 heavy (non-hydrogen) atoms. The quantitative estimate of drug-likeness (QED) is 0.872. The van der Waals surface area contributed by atoms with Crippen LogP contribution in [0.5, 0.6) is 0 Å². The molecular weight excluding hydrogens is 297 g/mol. The molecule has 1 atom stereocenters. The molecule has 0 aromatic carbocycles. The van der Waals surface area contributed by atoms with E-state index in [1.54, 1.807) is 0 Å². The summed E-state index contributed by atoms with van der Waals surface area (Å²) in [6, 6.07) is 0.996. The minimum absolute atomic E-state index is 0.213. The lowest BCUT2D eigenvalue weighted by Gasteiger charge is -2.04.